The first kappa shape index (κ1) is 17.6. The number of carboxylic acids is 1. The number of carboxylic acid groups (broad SMARTS) is 1. The lowest BCUT2D eigenvalue weighted by Crippen LogP contribution is -2.15. The molecule has 0 fully saturated rings. The third-order valence-corrected chi connectivity index (χ3v) is 4.33. The molecule has 1 amide bonds. The average Bonchev–Trinajstić information content (AvgIpc) is 2.95. The van der Waals surface area contributed by atoms with Crippen molar-refractivity contribution in [2.75, 3.05) is 10.6 Å². The number of carbonyl (C=O) groups excluding carboxylic acids is 1. The Labute approximate surface area is 153 Å². The van der Waals surface area contributed by atoms with Gasteiger partial charge in [0.05, 0.1) is 10.6 Å². The van der Waals surface area contributed by atoms with Crippen LogP contribution in [-0.2, 0) is 0 Å². The Morgan fingerprint density at radius 3 is 2.58 bits per heavy atom. The van der Waals surface area contributed by atoms with Gasteiger partial charge in [0.15, 0.2) is 5.69 Å². The predicted molar refractivity (Wildman–Crippen MR) is 100 cm³/mol. The molecule has 0 saturated carbocycles. The van der Waals surface area contributed by atoms with Gasteiger partial charge in [0, 0.05) is 11.4 Å². The zero-order valence-corrected chi connectivity index (χ0v) is 14.9. The molecule has 0 aliphatic rings. The molecule has 8 heteroatoms. The van der Waals surface area contributed by atoms with E-state index in [1.807, 2.05) is 13.0 Å². The van der Waals surface area contributed by atoms with Gasteiger partial charge in [0.25, 0.3) is 5.91 Å². The largest absolute Gasteiger partial charge is 0.478 e. The Morgan fingerprint density at radius 1 is 1.08 bits per heavy atom. The van der Waals surface area contributed by atoms with Crippen LogP contribution in [0.5, 0.6) is 0 Å². The summed E-state index contributed by atoms with van der Waals surface area (Å²) in [7, 11) is 0. The highest BCUT2D eigenvalue weighted by Crippen LogP contribution is 2.28. The molecular formula is C18H16N4O3S. The second-order valence-electron chi connectivity index (χ2n) is 5.54. The number of aryl methyl sites for hydroxylation is 2. The summed E-state index contributed by atoms with van der Waals surface area (Å²) in [6, 6.07) is 11.7. The molecule has 0 aliphatic heterocycles. The van der Waals surface area contributed by atoms with Crippen molar-refractivity contribution in [3.05, 3.63) is 64.4 Å². The average molecular weight is 368 g/mol. The molecule has 0 radical (unpaired) electrons. The molecule has 0 spiro atoms. The van der Waals surface area contributed by atoms with Crippen LogP contribution in [0, 0.1) is 13.8 Å². The quantitative estimate of drug-likeness (QED) is 0.632. The number of anilines is 3. The van der Waals surface area contributed by atoms with E-state index in [0.29, 0.717) is 21.5 Å². The summed E-state index contributed by atoms with van der Waals surface area (Å²) in [5, 5.41) is 16.2. The van der Waals surface area contributed by atoms with Gasteiger partial charge in [0.2, 0.25) is 0 Å². The van der Waals surface area contributed by atoms with Crippen LogP contribution in [0.1, 0.15) is 31.5 Å². The summed E-state index contributed by atoms with van der Waals surface area (Å²) in [4.78, 5) is 32.2. The molecule has 2 aromatic heterocycles. The number of aromatic carboxylic acids is 1. The van der Waals surface area contributed by atoms with E-state index in [0.717, 1.165) is 5.69 Å². The first-order chi connectivity index (χ1) is 12.4. The maximum absolute atomic E-state index is 12.6. The van der Waals surface area contributed by atoms with E-state index in [4.69, 9.17) is 5.11 Å². The molecule has 26 heavy (non-hydrogen) atoms. The van der Waals surface area contributed by atoms with Gasteiger partial charge in [-0.25, -0.2) is 14.8 Å². The van der Waals surface area contributed by atoms with Crippen molar-refractivity contribution in [3.8, 4) is 0 Å². The number of carbonyl (C=O) groups is 2. The minimum absolute atomic E-state index is 0.159. The fourth-order valence-corrected chi connectivity index (χ4v) is 3.15. The zero-order valence-electron chi connectivity index (χ0n) is 14.1. The molecular weight excluding hydrogens is 352 g/mol. The van der Waals surface area contributed by atoms with Gasteiger partial charge in [-0.3, -0.25) is 4.79 Å². The third-order valence-electron chi connectivity index (χ3n) is 3.45. The van der Waals surface area contributed by atoms with E-state index in [9.17, 15) is 9.59 Å². The Bertz CT molecular complexity index is 984. The first-order valence-electron chi connectivity index (χ1n) is 7.75. The Balaban J connectivity index is 1.85. The summed E-state index contributed by atoms with van der Waals surface area (Å²) < 4.78 is 0. The molecule has 1 aromatic carbocycles. The van der Waals surface area contributed by atoms with Crippen LogP contribution in [0.25, 0.3) is 0 Å². The van der Waals surface area contributed by atoms with Gasteiger partial charge in [-0.15, -0.1) is 11.3 Å². The number of rotatable bonds is 5. The number of hydrogen-bond donors (Lipinski definition) is 3. The number of aromatic nitrogens is 2. The lowest BCUT2D eigenvalue weighted by atomic mass is 10.2. The maximum Gasteiger partial charge on any atom is 0.335 e. The first-order valence-corrected chi connectivity index (χ1v) is 8.57. The van der Waals surface area contributed by atoms with Crippen LogP contribution < -0.4 is 10.6 Å². The number of pyridine rings is 1. The minimum atomic E-state index is -1.02. The van der Waals surface area contributed by atoms with Crippen LogP contribution in [0.4, 0.5) is 16.5 Å². The second-order valence-corrected chi connectivity index (χ2v) is 6.74. The normalized spacial score (nSPS) is 10.4. The number of thiazole rings is 1. The summed E-state index contributed by atoms with van der Waals surface area (Å²) in [5.41, 5.74) is 1.75. The molecule has 132 valence electrons. The Hall–Kier alpha value is -3.26. The van der Waals surface area contributed by atoms with Crippen molar-refractivity contribution >= 4 is 39.7 Å². The van der Waals surface area contributed by atoms with Crippen molar-refractivity contribution in [2.24, 2.45) is 0 Å². The molecule has 0 saturated heterocycles. The second kappa shape index (κ2) is 7.32. The number of nitrogens with zero attached hydrogens (tertiary/aromatic N) is 2. The van der Waals surface area contributed by atoms with Crippen LogP contribution in [0.2, 0.25) is 0 Å². The molecule has 0 aliphatic carbocycles. The highest BCUT2D eigenvalue weighted by Gasteiger charge is 2.18. The van der Waals surface area contributed by atoms with Gasteiger partial charge in [-0.05, 0) is 44.2 Å². The highest BCUT2D eigenvalue weighted by atomic mass is 32.1. The predicted octanol–water partition coefficient (Wildman–Crippen LogP) is 3.85. The molecule has 3 N–H and O–H groups in total. The number of nitrogens with one attached hydrogen (secondary N) is 2. The molecule has 0 atom stereocenters. The summed E-state index contributed by atoms with van der Waals surface area (Å²) in [6.07, 6.45) is 0. The fourth-order valence-electron chi connectivity index (χ4n) is 2.31. The smallest absolute Gasteiger partial charge is 0.335 e. The number of hydrogen-bond acceptors (Lipinski definition) is 6. The molecule has 2 heterocycles. The molecule has 7 nitrogen and oxygen atoms in total. The van der Waals surface area contributed by atoms with Crippen molar-refractivity contribution in [1.82, 2.24) is 9.97 Å². The van der Waals surface area contributed by atoms with Gasteiger partial charge in [0.1, 0.15) is 10.8 Å². The summed E-state index contributed by atoms with van der Waals surface area (Å²) >= 11 is 1.31. The van der Waals surface area contributed by atoms with Gasteiger partial charge >= 0.3 is 5.97 Å². The van der Waals surface area contributed by atoms with E-state index in [-0.39, 0.29) is 17.2 Å². The van der Waals surface area contributed by atoms with Crippen molar-refractivity contribution in [1.29, 1.82) is 0 Å². The van der Waals surface area contributed by atoms with E-state index in [1.54, 1.807) is 31.2 Å². The Kier molecular flexibility index (Phi) is 4.94. The van der Waals surface area contributed by atoms with Gasteiger partial charge < -0.3 is 15.7 Å². The van der Waals surface area contributed by atoms with Crippen LogP contribution in [0.3, 0.4) is 0 Å². The van der Waals surface area contributed by atoms with Crippen molar-refractivity contribution in [3.63, 3.8) is 0 Å². The Morgan fingerprint density at radius 2 is 1.85 bits per heavy atom. The lowest BCUT2D eigenvalue weighted by molar-refractivity contribution is 0.0696. The standard InChI is InChI=1S/C18H16N4O3S/c1-10-5-3-8-14(19-10)22-16(23)15-17(26-11(2)20-15)21-13-7-4-6-12(9-13)18(24)25/h3-9,21H,1-2H3,(H,24,25)(H,19,22,23). The molecule has 3 rings (SSSR count). The maximum atomic E-state index is 12.6. The SMILES string of the molecule is Cc1cccc(NC(=O)c2nc(C)sc2Nc2cccc(C(=O)O)c2)n1. The fraction of sp³-hybridized carbons (Fsp3) is 0.111. The monoisotopic (exact) mass is 368 g/mol. The minimum Gasteiger partial charge on any atom is -0.478 e. The van der Waals surface area contributed by atoms with Crippen molar-refractivity contribution < 1.29 is 14.7 Å². The molecule has 0 unspecified atom stereocenters. The molecule has 0 bridgehead atoms. The summed E-state index contributed by atoms with van der Waals surface area (Å²) in [5.74, 6) is -0.957. The highest BCUT2D eigenvalue weighted by molar-refractivity contribution is 7.16. The lowest BCUT2D eigenvalue weighted by Gasteiger charge is -2.08. The van der Waals surface area contributed by atoms with Crippen LogP contribution >= 0.6 is 11.3 Å². The van der Waals surface area contributed by atoms with Crippen LogP contribution in [0.15, 0.2) is 42.5 Å². The van der Waals surface area contributed by atoms with E-state index in [2.05, 4.69) is 20.6 Å². The van der Waals surface area contributed by atoms with E-state index >= 15 is 0 Å². The number of amides is 1. The van der Waals surface area contributed by atoms with E-state index < -0.39 is 5.97 Å². The van der Waals surface area contributed by atoms with Crippen LogP contribution in [-0.4, -0.2) is 27.0 Å². The third kappa shape index (κ3) is 4.04. The van der Waals surface area contributed by atoms with E-state index in [1.165, 1.54) is 23.5 Å². The van der Waals surface area contributed by atoms with Crippen molar-refractivity contribution in [2.45, 2.75) is 13.8 Å². The topological polar surface area (TPSA) is 104 Å². The zero-order chi connectivity index (χ0) is 18.7. The van der Waals surface area contributed by atoms with Gasteiger partial charge in [-0.1, -0.05) is 12.1 Å². The summed E-state index contributed by atoms with van der Waals surface area (Å²) in [6.45, 7) is 3.64. The number of benzene rings is 1. The van der Waals surface area contributed by atoms with Gasteiger partial charge in [-0.2, -0.15) is 0 Å². The molecule has 3 aromatic rings.